The molecule has 7 N–H and O–H groups in total. The van der Waals surface area contributed by atoms with Gasteiger partial charge in [0.05, 0.1) is 43.8 Å². The number of hydrazone groups is 1. The molecular formula is C32H23N9Na2O7S2. The third kappa shape index (κ3) is 8.81. The van der Waals surface area contributed by atoms with Crippen LogP contribution in [0.5, 0.6) is 0 Å². The molecule has 5 aromatic carbocycles. The minimum Gasteiger partial charge on any atom is -0.744 e. The summed E-state index contributed by atoms with van der Waals surface area (Å²) in [4.78, 5) is 12.4. The van der Waals surface area contributed by atoms with Gasteiger partial charge in [-0.3, -0.25) is 10.2 Å². The van der Waals surface area contributed by atoms with Crippen LogP contribution in [0.1, 0.15) is 15.9 Å². The number of Topliss-reactive ketones (excluding diaryl/α,β-unsaturated/α-hetero) is 1. The third-order valence-electron chi connectivity index (χ3n) is 7.38. The molecule has 0 spiro atoms. The molecular weight excluding hydrogens is 733 g/mol. The maximum atomic E-state index is 13.5. The standard InChI is InChI=1S/C32H25N9O7S2.2Na/c33-17-1-3-18(4-2-17)38-41-28-16-29(50(46,47)48)23-11-13-27(32(42)30(23)31(28)35)40-37-20-7-5-19(6-8-20)36-39-26-14-12-25(34)24-15-21(49(43,44)45)9-10-22(24)26;;/h1-16,37H,33-35H2,(H,43,44,45)(H,46,47,48);;/q;2*+1/p-2. The summed E-state index contributed by atoms with van der Waals surface area (Å²) in [6.07, 6.45) is 2.50. The van der Waals surface area contributed by atoms with Gasteiger partial charge in [0, 0.05) is 27.7 Å². The monoisotopic (exact) mass is 755 g/mol. The number of hydrogen-bond donors (Lipinski definition) is 4. The van der Waals surface area contributed by atoms with Gasteiger partial charge in [-0.05, 0) is 84.9 Å². The Morgan fingerprint density at radius 2 is 1.25 bits per heavy atom. The number of benzene rings is 5. The second-order valence-corrected chi connectivity index (χ2v) is 13.4. The Kier molecular flexibility index (Phi) is 12.5. The number of ketones is 1. The summed E-state index contributed by atoms with van der Waals surface area (Å²) in [6.45, 7) is 0. The zero-order chi connectivity index (χ0) is 35.8. The molecule has 0 unspecified atom stereocenters. The fraction of sp³-hybridized carbons (Fsp3) is 0. The van der Waals surface area contributed by atoms with E-state index in [1.807, 2.05) is 0 Å². The van der Waals surface area contributed by atoms with Gasteiger partial charge in [0.25, 0.3) is 0 Å². The Bertz CT molecular complexity index is 2560. The average Bonchev–Trinajstić information content (AvgIpc) is 3.07. The van der Waals surface area contributed by atoms with E-state index in [1.54, 1.807) is 54.6 Å². The molecule has 0 bridgehead atoms. The van der Waals surface area contributed by atoms with Crippen molar-refractivity contribution in [1.29, 1.82) is 0 Å². The number of rotatable bonds is 8. The van der Waals surface area contributed by atoms with Crippen LogP contribution in [0.4, 0.5) is 45.5 Å². The number of hydrogen-bond acceptors (Lipinski definition) is 16. The molecule has 0 aliphatic heterocycles. The van der Waals surface area contributed by atoms with Gasteiger partial charge >= 0.3 is 59.1 Å². The van der Waals surface area contributed by atoms with Crippen molar-refractivity contribution in [2.45, 2.75) is 9.79 Å². The number of nitrogen functional groups attached to an aromatic ring is 3. The van der Waals surface area contributed by atoms with Gasteiger partial charge in [0.15, 0.2) is 0 Å². The molecule has 52 heavy (non-hydrogen) atoms. The Morgan fingerprint density at radius 3 is 1.87 bits per heavy atom. The number of anilines is 4. The topological polar surface area (TPSA) is 283 Å². The summed E-state index contributed by atoms with van der Waals surface area (Å²) in [5.41, 5.74) is 22.0. The minimum atomic E-state index is -5.05. The predicted molar refractivity (Wildman–Crippen MR) is 185 cm³/mol. The molecule has 20 heteroatoms. The van der Waals surface area contributed by atoms with Gasteiger partial charge in [-0.25, -0.2) is 16.8 Å². The first-order valence-electron chi connectivity index (χ1n) is 14.2. The van der Waals surface area contributed by atoms with Gasteiger partial charge in [-0.2, -0.15) is 15.3 Å². The van der Waals surface area contributed by atoms with E-state index in [-0.39, 0.29) is 93.0 Å². The first-order valence-corrected chi connectivity index (χ1v) is 17.1. The van der Waals surface area contributed by atoms with Crippen LogP contribution in [0.2, 0.25) is 0 Å². The van der Waals surface area contributed by atoms with E-state index >= 15 is 0 Å². The van der Waals surface area contributed by atoms with Gasteiger partial charge in [-0.1, -0.05) is 12.1 Å². The number of nitrogens with zero attached hydrogens (tertiary/aromatic N) is 5. The van der Waals surface area contributed by atoms with Crippen molar-refractivity contribution < 1.29 is 89.9 Å². The van der Waals surface area contributed by atoms with Crippen molar-refractivity contribution in [1.82, 2.24) is 0 Å². The van der Waals surface area contributed by atoms with E-state index in [2.05, 4.69) is 31.0 Å². The Hall–Kier alpha value is -4.34. The van der Waals surface area contributed by atoms with E-state index in [9.17, 15) is 30.7 Å². The summed E-state index contributed by atoms with van der Waals surface area (Å²) < 4.78 is 70.7. The molecule has 6 rings (SSSR count). The zero-order valence-corrected chi connectivity index (χ0v) is 33.0. The van der Waals surface area contributed by atoms with Crippen LogP contribution in [0.15, 0.2) is 126 Å². The second-order valence-electron chi connectivity index (χ2n) is 10.7. The fourth-order valence-corrected chi connectivity index (χ4v) is 6.09. The van der Waals surface area contributed by atoms with Gasteiger partial charge in [0.1, 0.15) is 31.6 Å². The zero-order valence-electron chi connectivity index (χ0n) is 27.4. The first kappa shape index (κ1) is 40.4. The smallest absolute Gasteiger partial charge is 0.744 e. The van der Waals surface area contributed by atoms with E-state index in [4.69, 9.17) is 17.2 Å². The molecule has 1 aliphatic carbocycles. The molecule has 0 atom stereocenters. The van der Waals surface area contributed by atoms with Crippen LogP contribution in [-0.4, -0.2) is 37.4 Å². The molecule has 0 saturated heterocycles. The van der Waals surface area contributed by atoms with Crippen LogP contribution < -0.4 is 81.7 Å². The maximum Gasteiger partial charge on any atom is 1.00 e. The van der Waals surface area contributed by atoms with Crippen LogP contribution in [0, 0.1) is 0 Å². The number of fused-ring (bicyclic) bond motifs is 2. The number of carbonyl (C=O) groups is 1. The van der Waals surface area contributed by atoms with Crippen molar-refractivity contribution in [2.24, 2.45) is 25.6 Å². The summed E-state index contributed by atoms with van der Waals surface area (Å²) in [5, 5.41) is 21.4. The Labute approximate surface area is 341 Å². The van der Waals surface area contributed by atoms with Gasteiger partial charge in [-0.15, -0.1) is 10.2 Å². The summed E-state index contributed by atoms with van der Waals surface area (Å²) >= 11 is 0. The third-order valence-corrected chi connectivity index (χ3v) is 9.09. The number of azo groups is 2. The molecule has 16 nitrogen and oxygen atoms in total. The molecule has 1 aliphatic rings. The SMILES string of the molecule is Nc1ccc(N=Nc2cc(S(=O)(=O)[O-])c3c(c2N)C(=O)C(=NNc2ccc(N=Nc4ccc(N)c5cc(S(=O)(=O)[O-])ccc45)cc2)C=C3)cc1.[Na+].[Na+]. The van der Waals surface area contributed by atoms with Crippen molar-refractivity contribution in [2.75, 3.05) is 22.6 Å². The number of carbonyl (C=O) groups excluding carboxylic acids is 1. The average molecular weight is 756 g/mol. The van der Waals surface area contributed by atoms with E-state index in [0.717, 1.165) is 6.07 Å². The van der Waals surface area contributed by atoms with E-state index in [0.29, 0.717) is 39.2 Å². The van der Waals surface area contributed by atoms with E-state index in [1.165, 1.54) is 36.4 Å². The molecule has 0 radical (unpaired) electrons. The second kappa shape index (κ2) is 16.1. The quantitative estimate of drug-likeness (QED) is 0.0534. The largest absolute Gasteiger partial charge is 1.00 e. The molecule has 0 aromatic heterocycles. The van der Waals surface area contributed by atoms with Crippen molar-refractivity contribution >= 4 is 94.1 Å². The summed E-state index contributed by atoms with van der Waals surface area (Å²) in [7, 11) is -9.73. The fourth-order valence-electron chi connectivity index (χ4n) is 4.90. The van der Waals surface area contributed by atoms with Crippen molar-refractivity contribution in [3.8, 4) is 0 Å². The van der Waals surface area contributed by atoms with Crippen LogP contribution in [-0.2, 0) is 20.2 Å². The molecule has 0 saturated carbocycles. The number of nitrogens with one attached hydrogen (secondary N) is 1. The predicted octanol–water partition coefficient (Wildman–Crippen LogP) is -0.0890. The van der Waals surface area contributed by atoms with Crippen molar-refractivity contribution in [3.63, 3.8) is 0 Å². The van der Waals surface area contributed by atoms with Crippen LogP contribution in [0.3, 0.4) is 0 Å². The maximum absolute atomic E-state index is 13.5. The molecule has 0 amide bonds. The van der Waals surface area contributed by atoms with E-state index < -0.39 is 35.8 Å². The molecule has 5 aromatic rings. The Morgan fingerprint density at radius 1 is 0.635 bits per heavy atom. The summed E-state index contributed by atoms with van der Waals surface area (Å²) in [5.74, 6) is -0.761. The van der Waals surface area contributed by atoms with Gasteiger partial charge in [0.2, 0.25) is 5.78 Å². The van der Waals surface area contributed by atoms with Crippen LogP contribution in [0.25, 0.3) is 16.8 Å². The summed E-state index contributed by atoms with van der Waals surface area (Å²) in [6, 6.07) is 20.5. The molecule has 0 heterocycles. The number of allylic oxidation sites excluding steroid dienone is 1. The molecule has 252 valence electrons. The molecule has 0 fully saturated rings. The van der Waals surface area contributed by atoms with Crippen LogP contribution >= 0.6 is 0 Å². The number of nitrogens with two attached hydrogens (primary N) is 3. The van der Waals surface area contributed by atoms with Crippen molar-refractivity contribution in [3.05, 3.63) is 102 Å². The minimum absolute atomic E-state index is 0. The normalized spacial score (nSPS) is 13.7. The Balaban J connectivity index is 0.00000302. The van der Waals surface area contributed by atoms with Gasteiger partial charge < -0.3 is 26.3 Å². The first-order chi connectivity index (χ1) is 23.7.